The Bertz CT molecular complexity index is 1320. The quantitative estimate of drug-likeness (QED) is 0.273. The predicted octanol–water partition coefficient (Wildman–Crippen LogP) is 6.55. The van der Waals surface area contributed by atoms with Crippen molar-refractivity contribution in [3.05, 3.63) is 102 Å². The van der Waals surface area contributed by atoms with E-state index in [1.807, 2.05) is 54.6 Å². The number of unbranched alkanes of at least 4 members (excludes halogenated alkanes) is 1. The molecule has 176 valence electrons. The zero-order valence-electron chi connectivity index (χ0n) is 19.4. The van der Waals surface area contributed by atoms with E-state index in [0.29, 0.717) is 17.9 Å². The minimum Gasteiger partial charge on any atom is -0.493 e. The molecule has 6 nitrogen and oxygen atoms in total. The number of nitrogens with one attached hydrogen (secondary N) is 1. The number of carboxylic acids is 1. The zero-order chi connectivity index (χ0) is 24.6. The number of anilines is 1. The lowest BCUT2D eigenvalue weighted by molar-refractivity contribution is 0.0698. The number of benzene rings is 3. The average Bonchev–Trinajstić information content (AvgIpc) is 2.89. The van der Waals surface area contributed by atoms with Gasteiger partial charge in [0.25, 0.3) is 5.91 Å². The molecule has 6 heteroatoms. The number of carbonyl (C=O) groups is 2. The first-order chi connectivity index (χ1) is 17.1. The van der Waals surface area contributed by atoms with Crippen LogP contribution in [-0.2, 0) is 0 Å². The molecular weight excluding hydrogens is 440 g/mol. The van der Waals surface area contributed by atoms with Crippen molar-refractivity contribution in [1.82, 2.24) is 4.98 Å². The summed E-state index contributed by atoms with van der Waals surface area (Å²) in [4.78, 5) is 29.4. The van der Waals surface area contributed by atoms with E-state index in [2.05, 4.69) is 17.2 Å². The van der Waals surface area contributed by atoms with Crippen molar-refractivity contribution in [3.8, 4) is 28.0 Å². The Hall–Kier alpha value is -4.45. The van der Waals surface area contributed by atoms with E-state index in [1.165, 1.54) is 6.07 Å². The number of aromatic carboxylic acids is 1. The van der Waals surface area contributed by atoms with Crippen LogP contribution in [0.25, 0.3) is 22.3 Å². The van der Waals surface area contributed by atoms with E-state index in [1.54, 1.807) is 30.6 Å². The van der Waals surface area contributed by atoms with Gasteiger partial charge >= 0.3 is 5.97 Å². The molecule has 0 radical (unpaired) electrons. The minimum atomic E-state index is -1.12. The number of ether oxygens (including phenoxy) is 1. The van der Waals surface area contributed by atoms with Gasteiger partial charge in [0.1, 0.15) is 5.75 Å². The molecule has 0 aliphatic rings. The number of pyridine rings is 1. The van der Waals surface area contributed by atoms with Gasteiger partial charge in [0.05, 0.1) is 23.4 Å². The number of hydrogen-bond acceptors (Lipinski definition) is 4. The summed E-state index contributed by atoms with van der Waals surface area (Å²) < 4.78 is 5.97. The number of aromatic nitrogens is 1. The monoisotopic (exact) mass is 466 g/mol. The summed E-state index contributed by atoms with van der Waals surface area (Å²) in [6, 6.07) is 23.6. The van der Waals surface area contributed by atoms with Crippen LogP contribution in [0.4, 0.5) is 5.69 Å². The number of rotatable bonds is 9. The molecule has 2 N–H and O–H groups in total. The third-order valence-electron chi connectivity index (χ3n) is 5.58. The van der Waals surface area contributed by atoms with Crippen LogP contribution in [0.2, 0.25) is 0 Å². The molecule has 1 amide bonds. The van der Waals surface area contributed by atoms with Crippen LogP contribution in [0, 0.1) is 0 Å². The van der Waals surface area contributed by atoms with E-state index in [4.69, 9.17) is 4.74 Å². The highest BCUT2D eigenvalue weighted by Crippen LogP contribution is 2.30. The van der Waals surface area contributed by atoms with Crippen LogP contribution in [0.5, 0.6) is 5.75 Å². The highest BCUT2D eigenvalue weighted by molar-refractivity contribution is 6.09. The number of nitrogens with zero attached hydrogens (tertiary/aromatic N) is 1. The molecule has 0 aliphatic heterocycles. The van der Waals surface area contributed by atoms with Crippen molar-refractivity contribution < 1.29 is 19.4 Å². The van der Waals surface area contributed by atoms with Crippen LogP contribution >= 0.6 is 0 Å². The molecule has 1 aromatic heterocycles. The lowest BCUT2D eigenvalue weighted by Crippen LogP contribution is -2.16. The number of hydrogen-bond donors (Lipinski definition) is 2. The fourth-order valence-electron chi connectivity index (χ4n) is 3.70. The molecule has 0 aliphatic carbocycles. The molecule has 4 rings (SSSR count). The average molecular weight is 467 g/mol. The molecule has 3 aromatic carbocycles. The molecule has 0 fully saturated rings. The normalized spacial score (nSPS) is 10.5. The molecule has 0 unspecified atom stereocenters. The Balaban J connectivity index is 1.68. The summed E-state index contributed by atoms with van der Waals surface area (Å²) in [5.74, 6) is -1.12. The van der Waals surface area contributed by atoms with Crippen LogP contribution in [0.3, 0.4) is 0 Å². The van der Waals surface area contributed by atoms with Crippen LogP contribution in [0.1, 0.15) is 40.5 Å². The van der Waals surface area contributed by atoms with Gasteiger partial charge in [0, 0.05) is 18.0 Å². The maximum absolute atomic E-state index is 13.3. The smallest absolute Gasteiger partial charge is 0.337 e. The summed E-state index contributed by atoms with van der Waals surface area (Å²) >= 11 is 0. The first kappa shape index (κ1) is 23.7. The molecule has 0 bridgehead atoms. The van der Waals surface area contributed by atoms with Crippen LogP contribution in [-0.4, -0.2) is 28.6 Å². The molecule has 1 heterocycles. The topological polar surface area (TPSA) is 88.5 Å². The summed E-state index contributed by atoms with van der Waals surface area (Å²) in [6.07, 6.45) is 5.26. The second kappa shape index (κ2) is 11.1. The van der Waals surface area contributed by atoms with Gasteiger partial charge in [0.15, 0.2) is 0 Å². The largest absolute Gasteiger partial charge is 0.493 e. The van der Waals surface area contributed by atoms with Crippen molar-refractivity contribution >= 4 is 17.6 Å². The fourth-order valence-corrected chi connectivity index (χ4v) is 3.70. The molecule has 0 spiro atoms. The second-order valence-corrected chi connectivity index (χ2v) is 8.04. The first-order valence-electron chi connectivity index (χ1n) is 11.5. The zero-order valence-corrected chi connectivity index (χ0v) is 19.4. The minimum absolute atomic E-state index is 0.0125. The van der Waals surface area contributed by atoms with Crippen molar-refractivity contribution in [3.63, 3.8) is 0 Å². The van der Waals surface area contributed by atoms with Gasteiger partial charge in [-0.25, -0.2) is 4.79 Å². The molecular formula is C29H26N2O4. The van der Waals surface area contributed by atoms with Gasteiger partial charge < -0.3 is 15.2 Å². The maximum atomic E-state index is 13.3. The Morgan fingerprint density at radius 2 is 1.57 bits per heavy atom. The number of carbonyl (C=O) groups excluding carboxylic acids is 1. The van der Waals surface area contributed by atoms with E-state index in [0.717, 1.165) is 35.1 Å². The van der Waals surface area contributed by atoms with Gasteiger partial charge in [-0.2, -0.15) is 0 Å². The van der Waals surface area contributed by atoms with Crippen LogP contribution in [0.15, 0.2) is 91.3 Å². The van der Waals surface area contributed by atoms with E-state index in [9.17, 15) is 14.7 Å². The molecule has 0 saturated heterocycles. The first-order valence-corrected chi connectivity index (χ1v) is 11.5. The Kier molecular flexibility index (Phi) is 7.53. The summed E-state index contributed by atoms with van der Waals surface area (Å²) in [5, 5.41) is 12.5. The molecule has 4 aromatic rings. The van der Waals surface area contributed by atoms with E-state index >= 15 is 0 Å². The Morgan fingerprint density at radius 1 is 0.857 bits per heavy atom. The Morgan fingerprint density at radius 3 is 2.26 bits per heavy atom. The second-order valence-electron chi connectivity index (χ2n) is 8.04. The van der Waals surface area contributed by atoms with Crippen molar-refractivity contribution in [2.45, 2.75) is 19.8 Å². The van der Waals surface area contributed by atoms with Crippen LogP contribution < -0.4 is 10.1 Å². The van der Waals surface area contributed by atoms with Gasteiger partial charge in [-0.15, -0.1) is 0 Å². The lowest BCUT2D eigenvalue weighted by atomic mass is 10.0. The van der Waals surface area contributed by atoms with Gasteiger partial charge in [0.2, 0.25) is 0 Å². The standard InChI is InChI=1S/C29H26N2O4/c1-2-3-16-35-27-18-22(23-10-7-15-30-19-23)12-14-25(27)28(32)31-26-17-21(11-13-24(26)29(33)34)20-8-5-4-6-9-20/h4-15,17-19H,2-3,16H2,1H3,(H,31,32)(H,33,34). The SMILES string of the molecule is CCCCOc1cc(-c2cccnc2)ccc1C(=O)Nc1cc(-c2ccccc2)ccc1C(=O)O. The van der Waals surface area contributed by atoms with Crippen molar-refractivity contribution in [1.29, 1.82) is 0 Å². The fraction of sp³-hybridized carbons (Fsp3) is 0.138. The van der Waals surface area contributed by atoms with Crippen molar-refractivity contribution in [2.75, 3.05) is 11.9 Å². The third kappa shape index (κ3) is 5.73. The highest BCUT2D eigenvalue weighted by Gasteiger charge is 2.19. The third-order valence-corrected chi connectivity index (χ3v) is 5.58. The van der Waals surface area contributed by atoms with E-state index in [-0.39, 0.29) is 11.3 Å². The summed E-state index contributed by atoms with van der Waals surface area (Å²) in [5.41, 5.74) is 4.07. The molecule has 0 atom stereocenters. The Labute approximate surface area is 204 Å². The maximum Gasteiger partial charge on any atom is 0.337 e. The van der Waals surface area contributed by atoms with Crippen molar-refractivity contribution in [2.24, 2.45) is 0 Å². The summed E-state index contributed by atoms with van der Waals surface area (Å²) in [6.45, 7) is 2.54. The van der Waals surface area contributed by atoms with E-state index < -0.39 is 11.9 Å². The van der Waals surface area contributed by atoms with Gasteiger partial charge in [-0.1, -0.05) is 61.9 Å². The molecule has 35 heavy (non-hydrogen) atoms. The lowest BCUT2D eigenvalue weighted by Gasteiger charge is -2.15. The molecule has 0 saturated carbocycles. The number of amides is 1. The van der Waals surface area contributed by atoms with Gasteiger partial charge in [-0.3, -0.25) is 9.78 Å². The van der Waals surface area contributed by atoms with Gasteiger partial charge in [-0.05, 0) is 53.4 Å². The number of carboxylic acid groups (broad SMARTS) is 1. The highest BCUT2D eigenvalue weighted by atomic mass is 16.5. The summed E-state index contributed by atoms with van der Waals surface area (Å²) in [7, 11) is 0. The predicted molar refractivity (Wildman–Crippen MR) is 137 cm³/mol.